The number of hydrogen-bond donors (Lipinski definition) is 2. The molecule has 2 N–H and O–H groups in total. The number of methoxy groups -OCH3 is 1. The molecular formula is C39H55NO4. The highest BCUT2D eigenvalue weighted by Crippen LogP contribution is 2.77. The fourth-order valence-corrected chi connectivity index (χ4v) is 12.6. The number of rotatable bonds is 7. The number of carboxylic acids is 1. The Balaban J connectivity index is 1.33. The van der Waals surface area contributed by atoms with Crippen molar-refractivity contribution < 1.29 is 19.4 Å². The van der Waals surface area contributed by atoms with E-state index >= 15 is 0 Å². The number of aromatic carboxylic acids is 1. The first kappa shape index (κ1) is 31.6. The van der Waals surface area contributed by atoms with Crippen molar-refractivity contribution in [3.63, 3.8) is 0 Å². The maximum absolute atomic E-state index is 14.0. The lowest BCUT2D eigenvalue weighted by Crippen LogP contribution is -2.66. The molecule has 0 bridgehead atoms. The van der Waals surface area contributed by atoms with Gasteiger partial charge in [-0.3, -0.25) is 4.79 Å². The van der Waals surface area contributed by atoms with Crippen molar-refractivity contribution in [1.29, 1.82) is 0 Å². The average Bonchev–Trinajstić information content (AvgIpc) is 3.37. The molecule has 0 aromatic heterocycles. The van der Waals surface area contributed by atoms with Gasteiger partial charge in [-0.1, -0.05) is 58.9 Å². The molecule has 9 atom stereocenters. The number of carboxylic acid groups (broad SMARTS) is 1. The van der Waals surface area contributed by atoms with Crippen molar-refractivity contribution in [2.45, 2.75) is 92.4 Å². The molecule has 6 rings (SSSR count). The molecule has 0 saturated heterocycles. The van der Waals surface area contributed by atoms with E-state index in [1.54, 1.807) is 19.2 Å². The molecule has 4 fully saturated rings. The highest BCUT2D eigenvalue weighted by Gasteiger charge is 2.71. The lowest BCUT2D eigenvalue weighted by molar-refractivity contribution is -0.224. The molecule has 0 aliphatic heterocycles. The number of ether oxygens (including phenoxy) is 1. The van der Waals surface area contributed by atoms with Crippen LogP contribution in [0.2, 0.25) is 0 Å². The Labute approximate surface area is 265 Å². The first-order chi connectivity index (χ1) is 20.8. The summed E-state index contributed by atoms with van der Waals surface area (Å²) in [6, 6.07) is 7.53. The van der Waals surface area contributed by atoms with Crippen LogP contribution in [0.1, 0.15) is 108 Å². The SMILES string of the molecule is C=C[C@@H]1CC[C@]2(C(=O)NCCOC)CC[C@]3(C)[C@H](CC[C@@H]4[C@@]5(C)CC=C(c6ccc(C(=O)O)cc6)C(C)(C)[C@@H]5CC[C@]43C)[C@@H]12. The van der Waals surface area contributed by atoms with E-state index in [9.17, 15) is 14.7 Å². The fraction of sp³-hybridized carbons (Fsp3) is 0.692. The van der Waals surface area contributed by atoms with Gasteiger partial charge in [0.2, 0.25) is 5.91 Å². The summed E-state index contributed by atoms with van der Waals surface area (Å²) in [5, 5.41) is 12.7. The molecular weight excluding hydrogens is 546 g/mol. The van der Waals surface area contributed by atoms with Crippen molar-refractivity contribution in [3.05, 3.63) is 54.1 Å². The third-order valence-corrected chi connectivity index (χ3v) is 14.9. The standard InChI is InChI=1S/C39H55NO4/c1-8-25-15-20-39(34(43)40-23-24-44-7)22-21-37(5)29(32(25)39)13-14-31-36(4)18-16-28(26-9-11-27(12-10-26)33(41)42)35(2,3)30(36)17-19-38(31,37)6/h8-12,16,25,29-32H,1,13-15,17-24H2,2-7H3,(H,40,43)(H,41,42)/t25-,29-,30+,31-,32-,36+,37-,38-,39+/m1/s1. The molecule has 0 radical (unpaired) electrons. The molecule has 240 valence electrons. The summed E-state index contributed by atoms with van der Waals surface area (Å²) in [4.78, 5) is 25.4. The zero-order valence-electron chi connectivity index (χ0n) is 28.0. The Bertz CT molecular complexity index is 1350. The number of benzene rings is 1. The fourth-order valence-electron chi connectivity index (χ4n) is 12.6. The van der Waals surface area contributed by atoms with E-state index in [0.29, 0.717) is 48.3 Å². The van der Waals surface area contributed by atoms with E-state index in [2.05, 4.69) is 58.7 Å². The number of fused-ring (bicyclic) bond motifs is 7. The van der Waals surface area contributed by atoms with E-state index in [1.165, 1.54) is 31.3 Å². The Kier molecular flexibility index (Phi) is 7.79. The first-order valence-electron chi connectivity index (χ1n) is 17.2. The number of nitrogens with one attached hydrogen (secondary N) is 1. The number of hydrogen-bond acceptors (Lipinski definition) is 3. The largest absolute Gasteiger partial charge is 0.478 e. The molecule has 44 heavy (non-hydrogen) atoms. The van der Waals surface area contributed by atoms with Gasteiger partial charge >= 0.3 is 5.97 Å². The molecule has 1 amide bonds. The summed E-state index contributed by atoms with van der Waals surface area (Å²) in [6.45, 7) is 18.2. The van der Waals surface area contributed by atoms with Gasteiger partial charge in [0.25, 0.3) is 0 Å². The number of carbonyl (C=O) groups is 2. The molecule has 0 spiro atoms. The average molecular weight is 602 g/mol. The van der Waals surface area contributed by atoms with Crippen molar-refractivity contribution in [1.82, 2.24) is 5.32 Å². The highest BCUT2D eigenvalue weighted by atomic mass is 16.5. The first-order valence-corrected chi connectivity index (χ1v) is 17.2. The lowest BCUT2D eigenvalue weighted by atomic mass is 9.32. The lowest BCUT2D eigenvalue weighted by Gasteiger charge is -2.72. The Hall–Kier alpha value is -2.40. The predicted octanol–water partition coefficient (Wildman–Crippen LogP) is 8.41. The van der Waals surface area contributed by atoms with Crippen LogP contribution >= 0.6 is 0 Å². The quantitative estimate of drug-likeness (QED) is 0.243. The molecule has 0 heterocycles. The Morgan fingerprint density at radius 1 is 0.955 bits per heavy atom. The minimum Gasteiger partial charge on any atom is -0.478 e. The maximum atomic E-state index is 14.0. The Morgan fingerprint density at radius 3 is 2.34 bits per heavy atom. The van der Waals surface area contributed by atoms with Crippen LogP contribution in [0.3, 0.4) is 0 Å². The van der Waals surface area contributed by atoms with Crippen LogP contribution in [-0.4, -0.2) is 37.2 Å². The number of allylic oxidation sites excluding steroid dienone is 3. The highest BCUT2D eigenvalue weighted by molar-refractivity contribution is 5.88. The predicted molar refractivity (Wildman–Crippen MR) is 176 cm³/mol. The molecule has 1 aromatic carbocycles. The van der Waals surface area contributed by atoms with Crippen LogP contribution in [0, 0.1) is 56.7 Å². The molecule has 5 heteroatoms. The van der Waals surface area contributed by atoms with E-state index < -0.39 is 5.97 Å². The summed E-state index contributed by atoms with van der Waals surface area (Å²) in [6.07, 6.45) is 14.8. The van der Waals surface area contributed by atoms with Gasteiger partial charge < -0.3 is 15.2 Å². The van der Waals surface area contributed by atoms with Gasteiger partial charge in [-0.25, -0.2) is 4.79 Å². The van der Waals surface area contributed by atoms with E-state index in [-0.39, 0.29) is 33.0 Å². The number of carbonyl (C=O) groups excluding carboxylic acids is 1. The van der Waals surface area contributed by atoms with Crippen LogP contribution in [0.25, 0.3) is 5.57 Å². The van der Waals surface area contributed by atoms with Crippen LogP contribution in [-0.2, 0) is 9.53 Å². The summed E-state index contributed by atoms with van der Waals surface area (Å²) in [7, 11) is 1.69. The van der Waals surface area contributed by atoms with Crippen molar-refractivity contribution >= 4 is 17.4 Å². The zero-order chi connectivity index (χ0) is 31.7. The summed E-state index contributed by atoms with van der Waals surface area (Å²) >= 11 is 0. The summed E-state index contributed by atoms with van der Waals surface area (Å²) < 4.78 is 5.26. The van der Waals surface area contributed by atoms with Crippen molar-refractivity contribution in [2.24, 2.45) is 56.7 Å². The van der Waals surface area contributed by atoms with Crippen LogP contribution in [0.4, 0.5) is 0 Å². The van der Waals surface area contributed by atoms with Crippen LogP contribution < -0.4 is 5.32 Å². The van der Waals surface area contributed by atoms with Gasteiger partial charge in [0.1, 0.15) is 0 Å². The maximum Gasteiger partial charge on any atom is 0.335 e. The molecule has 5 nitrogen and oxygen atoms in total. The second kappa shape index (κ2) is 10.9. The number of amides is 1. The summed E-state index contributed by atoms with van der Waals surface area (Å²) in [5.74, 6) is 1.89. The van der Waals surface area contributed by atoms with Gasteiger partial charge in [0.05, 0.1) is 17.6 Å². The molecule has 5 aliphatic carbocycles. The van der Waals surface area contributed by atoms with Gasteiger partial charge in [-0.2, -0.15) is 0 Å². The molecule has 5 aliphatic rings. The van der Waals surface area contributed by atoms with E-state index in [1.807, 2.05) is 12.1 Å². The monoisotopic (exact) mass is 601 g/mol. The third kappa shape index (κ3) is 4.27. The van der Waals surface area contributed by atoms with Crippen LogP contribution in [0.5, 0.6) is 0 Å². The van der Waals surface area contributed by atoms with Gasteiger partial charge in [0.15, 0.2) is 0 Å². The summed E-state index contributed by atoms with van der Waals surface area (Å²) in [5.41, 5.74) is 3.22. The van der Waals surface area contributed by atoms with E-state index in [0.717, 1.165) is 37.7 Å². The minimum atomic E-state index is -0.875. The van der Waals surface area contributed by atoms with Gasteiger partial charge in [0, 0.05) is 13.7 Å². The third-order valence-electron chi connectivity index (χ3n) is 14.9. The van der Waals surface area contributed by atoms with Crippen LogP contribution in [0.15, 0.2) is 43.0 Å². The second-order valence-electron chi connectivity index (χ2n) is 16.5. The smallest absolute Gasteiger partial charge is 0.335 e. The normalized spacial score (nSPS) is 42.1. The molecule has 4 saturated carbocycles. The van der Waals surface area contributed by atoms with Gasteiger partial charge in [-0.05, 0) is 132 Å². The molecule has 0 unspecified atom stereocenters. The zero-order valence-corrected chi connectivity index (χ0v) is 28.0. The van der Waals surface area contributed by atoms with Crippen molar-refractivity contribution in [2.75, 3.05) is 20.3 Å². The minimum absolute atomic E-state index is 0.00176. The Morgan fingerprint density at radius 2 is 1.68 bits per heavy atom. The van der Waals surface area contributed by atoms with Gasteiger partial charge in [-0.15, -0.1) is 6.58 Å². The van der Waals surface area contributed by atoms with Crippen molar-refractivity contribution in [3.8, 4) is 0 Å². The van der Waals surface area contributed by atoms with E-state index in [4.69, 9.17) is 4.74 Å². The second-order valence-corrected chi connectivity index (χ2v) is 16.5. The topological polar surface area (TPSA) is 75.6 Å². The molecule has 1 aromatic rings.